The highest BCUT2D eigenvalue weighted by atomic mass is 32.2. The van der Waals surface area contributed by atoms with Gasteiger partial charge in [-0.15, -0.1) is 11.8 Å². The van der Waals surface area contributed by atoms with Crippen molar-refractivity contribution in [2.24, 2.45) is 49.4 Å². The SMILES string of the molecule is C.CC(N)=Nc1cc(Oc2cccc(NC(=O)Nc3cc(C(F)(F)F)cc(NC(=O)CCCCN=C(N)N)c3OC3CCNC3)c2)cc(C(F)(F)F)c1.CCCCNc1cc(Oc2cccc(NC(=O)Nc3cc(C(F)(F)F)cc(NC(=O)CCCCN=C(N)N)c3SCCN)c2)cc(C(F)(F)F)c1. The number of amides is 6. The molecule has 1 saturated heterocycles. The fourth-order valence-electron chi connectivity index (χ4n) is 9.46. The molecule has 1 fully saturated rings. The number of rotatable bonds is 30. The van der Waals surface area contributed by atoms with Crippen LogP contribution in [-0.4, -0.2) is 92.8 Å². The van der Waals surface area contributed by atoms with Gasteiger partial charge in [-0.1, -0.05) is 32.9 Å². The lowest BCUT2D eigenvalue weighted by Crippen LogP contribution is -2.25. The molecule has 0 aromatic heterocycles. The van der Waals surface area contributed by atoms with Gasteiger partial charge in [-0.05, 0) is 125 Å². The maximum absolute atomic E-state index is 14.0. The quantitative estimate of drug-likeness (QED) is 0.00655. The van der Waals surface area contributed by atoms with Gasteiger partial charge in [-0.25, -0.2) is 14.6 Å². The summed E-state index contributed by atoms with van der Waals surface area (Å²) in [5, 5.41) is 20.7. The zero-order chi connectivity index (χ0) is 75.7. The molecular formula is C67H81F12N17O7S. The molecule has 0 saturated carbocycles. The molecule has 7 rings (SSSR count). The van der Waals surface area contributed by atoms with E-state index in [0.29, 0.717) is 57.8 Å². The molecule has 1 aliphatic heterocycles. The Morgan fingerprint density at radius 1 is 0.548 bits per heavy atom. The molecule has 37 heteroatoms. The summed E-state index contributed by atoms with van der Waals surface area (Å²) in [7, 11) is 0. The average Bonchev–Trinajstić information content (AvgIpc) is 0.954. The lowest BCUT2D eigenvalue weighted by atomic mass is 10.1. The first kappa shape index (κ1) is 84.1. The molecule has 6 amide bonds. The number of unbranched alkanes of at least 4 members (excludes halogenated alkanes) is 3. The number of nitrogens with zero attached hydrogens (tertiary/aromatic N) is 3. The van der Waals surface area contributed by atoms with E-state index in [-0.39, 0.29) is 143 Å². The highest BCUT2D eigenvalue weighted by molar-refractivity contribution is 7.99. The van der Waals surface area contributed by atoms with E-state index in [4.69, 9.17) is 48.6 Å². The van der Waals surface area contributed by atoms with Crippen LogP contribution >= 0.6 is 11.8 Å². The molecule has 6 aromatic carbocycles. The first-order valence-electron chi connectivity index (χ1n) is 31.7. The highest BCUT2D eigenvalue weighted by Crippen LogP contribution is 2.45. The third-order valence-corrected chi connectivity index (χ3v) is 15.2. The summed E-state index contributed by atoms with van der Waals surface area (Å²) < 4.78 is 183. The fraction of sp³-hybridized carbons (Fsp3) is 0.358. The molecule has 0 aliphatic carbocycles. The van der Waals surface area contributed by atoms with Crippen molar-refractivity contribution in [3.05, 3.63) is 131 Å². The standard InChI is InChI=1S/C33H37F6N9O4.C33H40F6N8O3S.CH4/c1-18(40)45-22-11-19(32(34,35)36)12-25(16-22)51-23-6-4-5-21(15-23)46-31(50)48-27-14-20(33(37,38)39)13-26(29(27)52-24-8-10-43-17-24)47-28(49)7-2-3-9-44-30(41)42;1-2-3-11-43-23-14-20(32(34,35)36)15-25(19-23)50-24-8-6-7-22(18-24)45-31(49)47-27-17-21(33(37,38)39)16-26(29(27)51-13-10-40)46-28(48)9-4-5-12-44-30(41)42;/h4-6,11-16,24,43H,2-3,7-10,17H2,1H3,(H2,40,45)(H,47,49)(H4,41,42,44)(H2,46,48,50);6-8,14-19,43H,2-5,9-13,40H2,1H3,(H,46,48)(H4,41,42,44)(H2,45,47,49);1H4. The van der Waals surface area contributed by atoms with Gasteiger partial charge in [0.05, 0.1) is 61.4 Å². The predicted octanol–water partition coefficient (Wildman–Crippen LogP) is 14.7. The van der Waals surface area contributed by atoms with Crippen LogP contribution in [0.5, 0.6) is 28.7 Å². The molecule has 6 aromatic rings. The second-order valence-electron chi connectivity index (χ2n) is 22.7. The van der Waals surface area contributed by atoms with E-state index in [2.05, 4.69) is 57.5 Å². The van der Waals surface area contributed by atoms with E-state index in [1.165, 1.54) is 67.6 Å². The van der Waals surface area contributed by atoms with E-state index in [1.807, 2.05) is 6.92 Å². The molecule has 0 radical (unpaired) electrons. The number of alkyl halides is 12. The van der Waals surface area contributed by atoms with Crippen LogP contribution in [0.25, 0.3) is 0 Å². The molecular weight excluding hydrogens is 1410 g/mol. The van der Waals surface area contributed by atoms with Gasteiger partial charge in [-0.2, -0.15) is 52.7 Å². The zero-order valence-electron chi connectivity index (χ0n) is 55.4. The maximum atomic E-state index is 14.0. The smallest absolute Gasteiger partial charge is 0.416 e. The van der Waals surface area contributed by atoms with Crippen molar-refractivity contribution in [1.82, 2.24) is 5.32 Å². The number of hydrogen-bond donors (Lipinski definition) is 14. The molecule has 1 heterocycles. The molecule has 20 N–H and O–H groups in total. The van der Waals surface area contributed by atoms with Crippen LogP contribution in [0.1, 0.15) is 101 Å². The number of carbonyl (C=O) groups is 4. The summed E-state index contributed by atoms with van der Waals surface area (Å²) in [5.74, 6) is -1.58. The van der Waals surface area contributed by atoms with Crippen molar-refractivity contribution in [1.29, 1.82) is 0 Å². The fourth-order valence-corrected chi connectivity index (χ4v) is 10.3. The molecule has 1 atom stereocenters. The molecule has 24 nitrogen and oxygen atoms in total. The Morgan fingerprint density at radius 3 is 1.47 bits per heavy atom. The number of benzene rings is 6. The molecule has 104 heavy (non-hydrogen) atoms. The monoisotopic (exact) mass is 1500 g/mol. The van der Waals surface area contributed by atoms with Gasteiger partial charge >= 0.3 is 36.8 Å². The van der Waals surface area contributed by atoms with Crippen molar-refractivity contribution < 1.29 is 86.1 Å². The maximum Gasteiger partial charge on any atom is 0.416 e. The minimum absolute atomic E-state index is 0. The third-order valence-electron chi connectivity index (χ3n) is 14.0. The van der Waals surface area contributed by atoms with E-state index in [1.54, 1.807) is 0 Å². The summed E-state index contributed by atoms with van der Waals surface area (Å²) in [6.45, 7) is 5.43. The van der Waals surface area contributed by atoms with Crippen LogP contribution in [0.15, 0.2) is 129 Å². The Morgan fingerprint density at radius 2 is 1.00 bits per heavy atom. The molecule has 0 bridgehead atoms. The molecule has 1 aliphatic rings. The number of anilines is 7. The summed E-state index contributed by atoms with van der Waals surface area (Å²) in [6.07, 6.45) is -16.0. The predicted molar refractivity (Wildman–Crippen MR) is 379 cm³/mol. The summed E-state index contributed by atoms with van der Waals surface area (Å²) in [4.78, 5) is 63.5. The zero-order valence-corrected chi connectivity index (χ0v) is 56.2. The minimum atomic E-state index is -4.87. The topological polar surface area (TPSA) is 385 Å². The lowest BCUT2D eigenvalue weighted by molar-refractivity contribution is -0.138. The normalized spacial score (nSPS) is 13.0. The van der Waals surface area contributed by atoms with Crippen LogP contribution in [0.4, 0.5) is 108 Å². The number of ether oxygens (including phenoxy) is 3. The van der Waals surface area contributed by atoms with Crippen molar-refractivity contribution >= 4 is 98.9 Å². The number of carbonyl (C=O) groups excluding carboxylic acids is 4. The van der Waals surface area contributed by atoms with Gasteiger partial charge in [0, 0.05) is 92.6 Å². The average molecular weight is 1500 g/mol. The van der Waals surface area contributed by atoms with Gasteiger partial charge in [-0.3, -0.25) is 19.6 Å². The number of hydrogen-bond acceptors (Lipinski definition) is 14. The highest BCUT2D eigenvalue weighted by Gasteiger charge is 2.37. The van der Waals surface area contributed by atoms with E-state index >= 15 is 0 Å². The number of nitrogens with two attached hydrogens (primary N) is 6. The summed E-state index contributed by atoms with van der Waals surface area (Å²) in [5.41, 5.74) is 27.2. The van der Waals surface area contributed by atoms with E-state index in [0.717, 1.165) is 67.1 Å². The second kappa shape index (κ2) is 39.2. The summed E-state index contributed by atoms with van der Waals surface area (Å²) in [6, 6.07) is 18.2. The van der Waals surface area contributed by atoms with Crippen LogP contribution in [0.3, 0.4) is 0 Å². The lowest BCUT2D eigenvalue weighted by Gasteiger charge is -2.22. The van der Waals surface area contributed by atoms with Crippen LogP contribution in [0.2, 0.25) is 0 Å². The first-order valence-corrected chi connectivity index (χ1v) is 32.7. The van der Waals surface area contributed by atoms with Crippen molar-refractivity contribution in [3.8, 4) is 28.7 Å². The van der Waals surface area contributed by atoms with Crippen molar-refractivity contribution in [2.75, 3.05) is 82.2 Å². The number of halogens is 12. The third kappa shape index (κ3) is 28.7. The van der Waals surface area contributed by atoms with E-state index in [9.17, 15) is 71.9 Å². The largest absolute Gasteiger partial charge is 0.485 e. The van der Waals surface area contributed by atoms with Gasteiger partial charge in [0.1, 0.15) is 29.1 Å². The second-order valence-corrected chi connectivity index (χ2v) is 23.8. The Bertz CT molecular complexity index is 3970. The Balaban J connectivity index is 0.000000370. The summed E-state index contributed by atoms with van der Waals surface area (Å²) >= 11 is 1.03. The van der Waals surface area contributed by atoms with Crippen molar-refractivity contribution in [2.45, 2.75) is 115 Å². The minimum Gasteiger partial charge on any atom is -0.485 e. The van der Waals surface area contributed by atoms with Gasteiger partial charge in [0.15, 0.2) is 17.7 Å². The van der Waals surface area contributed by atoms with Gasteiger partial charge in [0.25, 0.3) is 0 Å². The van der Waals surface area contributed by atoms with Gasteiger partial charge < -0.3 is 91.1 Å². The van der Waals surface area contributed by atoms with Crippen molar-refractivity contribution in [3.63, 3.8) is 0 Å². The number of guanidine groups is 2. The number of thioether (sulfide) groups is 1. The number of aliphatic imine (C=N–C) groups is 3. The van der Waals surface area contributed by atoms with E-state index < -0.39 is 76.9 Å². The van der Waals surface area contributed by atoms with Crippen LogP contribution in [0, 0.1) is 0 Å². The first-order chi connectivity index (χ1) is 48.5. The molecule has 1 unspecified atom stereocenters. The molecule has 0 spiro atoms. The Labute approximate surface area is 594 Å². The molecule has 566 valence electrons. The van der Waals surface area contributed by atoms with Crippen LogP contribution in [-0.2, 0) is 34.3 Å². The number of urea groups is 2. The van der Waals surface area contributed by atoms with Gasteiger partial charge in [0.2, 0.25) is 11.8 Å². The number of nitrogens with one attached hydrogen (secondary N) is 8. The Kier molecular flexibility index (Phi) is 31.7. The number of amidine groups is 1. The Hall–Kier alpha value is -10.6. The van der Waals surface area contributed by atoms with Crippen LogP contribution < -0.4 is 91.1 Å².